The number of hydrogen-bond donors (Lipinski definition) is 8. The second kappa shape index (κ2) is 51.2. The zero-order chi connectivity index (χ0) is 94.8. The number of benzene rings is 16. The van der Waals surface area contributed by atoms with Gasteiger partial charge in [-0.05, 0) is 178 Å². The monoisotopic (exact) mass is 2530 g/mol. The van der Waals surface area contributed by atoms with E-state index in [2.05, 4.69) is 207 Å². The number of aryl methyl sites for hydroxylation is 8. The van der Waals surface area contributed by atoms with Crippen molar-refractivity contribution in [3.05, 3.63) is 336 Å². The van der Waals surface area contributed by atoms with Crippen molar-refractivity contribution in [1.82, 2.24) is 39.9 Å². The predicted molar refractivity (Wildman–Crippen MR) is 550 cm³/mol. The van der Waals surface area contributed by atoms with Crippen molar-refractivity contribution in [2.24, 2.45) is 0 Å². The summed E-state index contributed by atoms with van der Waals surface area (Å²) < 4.78 is 0. The summed E-state index contributed by atoms with van der Waals surface area (Å²) in [5.41, 5.74) is 25.5. The van der Waals surface area contributed by atoms with Gasteiger partial charge in [-0.1, -0.05) is 244 Å². The molecule has 0 spiro atoms. The number of aliphatic hydroxyl groups is 8. The first-order chi connectivity index (χ1) is 63.9. The standard InChI is InChI=1S/2C25H19N2.C24H17N2.C23H15N2.4C5H12O2.4Ir/c1-15-9-11-20-21(13-15)19-12-10-16(2)17(3)23(19)25-24(20)26-14-22(27-25)18-7-5-4-6-8-18;1-3-17-13-14-20-19-11-7-8-12-21(19)24-25(23(20)16(17)2)27-22(15-26-24)18-9-5-4-6-10-18;1-15-12-16(2)22-18-10-6-7-11-19(18)23-24(20(22)13-15)26-21(14-25-23)17-8-4-3-5-9-17;1-15-11-12-18-17-9-5-6-10-19(17)22-23(20(18)13-15)25-21(14-24-22)16-7-3-2-4-8-16;4*1-4(6)3-5(2)7;;;;/h4-10,12-14H,1-3H3;4-11,13-15H,3H2,1-2H3;3-10,12-14H,1-2H3;2-9,11-14H,1H3;4*4-7H,3H2,1-2H3;;;;/q4*-1;;;;;;;;. The Hall–Kier alpha value is -10.8. The maximum Gasteiger partial charge on any atom is 0.0873 e. The largest absolute Gasteiger partial charge is 0.393 e. The van der Waals surface area contributed by atoms with E-state index >= 15 is 0 Å². The molecule has 16 nitrogen and oxygen atoms in total. The van der Waals surface area contributed by atoms with Crippen LogP contribution in [0.1, 0.15) is 133 Å². The summed E-state index contributed by atoms with van der Waals surface area (Å²) in [6, 6.07) is 97.0. The molecule has 0 fully saturated rings. The number of rotatable bonds is 13. The third-order valence-corrected chi connectivity index (χ3v) is 23.2. The smallest absolute Gasteiger partial charge is 0.0873 e. The molecule has 16 aromatic carbocycles. The molecule has 20 aromatic rings. The minimum absolute atomic E-state index is 0. The van der Waals surface area contributed by atoms with Crippen molar-refractivity contribution in [3.8, 4) is 45.0 Å². The number of fused-ring (bicyclic) bond motifs is 24. The van der Waals surface area contributed by atoms with Crippen LogP contribution in [0.5, 0.6) is 0 Å². The molecule has 8 N–H and O–H groups in total. The minimum atomic E-state index is -0.375. The summed E-state index contributed by atoms with van der Waals surface area (Å²) in [6.07, 6.45) is 7.38. The molecule has 8 unspecified atom stereocenters. The van der Waals surface area contributed by atoms with Crippen molar-refractivity contribution >= 4 is 130 Å². The summed E-state index contributed by atoms with van der Waals surface area (Å²) in [5, 5.41) is 87.0. The zero-order valence-electron chi connectivity index (χ0n) is 80.0. The van der Waals surface area contributed by atoms with Gasteiger partial charge in [0.2, 0.25) is 0 Å². The number of aliphatic hydroxyl groups excluding tert-OH is 8. The summed E-state index contributed by atoms with van der Waals surface area (Å²) in [5.74, 6) is 0. The molecule has 714 valence electrons. The Kier molecular flexibility index (Phi) is 41.1. The van der Waals surface area contributed by atoms with Crippen LogP contribution in [-0.2, 0) is 86.8 Å². The van der Waals surface area contributed by atoms with Gasteiger partial charge in [0.25, 0.3) is 0 Å². The maximum absolute atomic E-state index is 8.56. The quantitative estimate of drug-likeness (QED) is 0.0394. The fourth-order valence-corrected chi connectivity index (χ4v) is 17.2. The number of aromatic nitrogens is 8. The van der Waals surface area contributed by atoms with Gasteiger partial charge in [-0.2, -0.15) is 0 Å². The van der Waals surface area contributed by atoms with E-state index in [1.54, 1.807) is 55.4 Å². The van der Waals surface area contributed by atoms with Gasteiger partial charge in [0.1, 0.15) is 0 Å². The Bertz CT molecular complexity index is 7370. The van der Waals surface area contributed by atoms with Gasteiger partial charge in [-0.25, -0.2) is 0 Å². The summed E-state index contributed by atoms with van der Waals surface area (Å²) in [6.45, 7) is 30.5. The molecule has 4 heterocycles. The van der Waals surface area contributed by atoms with E-state index in [0.29, 0.717) is 25.7 Å². The van der Waals surface area contributed by atoms with E-state index in [1.807, 2.05) is 140 Å². The average molecular weight is 2530 g/mol. The molecule has 20 rings (SSSR count). The Labute approximate surface area is 857 Å². The minimum Gasteiger partial charge on any atom is -0.393 e. The fourth-order valence-electron chi connectivity index (χ4n) is 17.2. The Morgan fingerprint density at radius 3 is 0.971 bits per heavy atom. The van der Waals surface area contributed by atoms with Crippen molar-refractivity contribution in [2.45, 2.75) is 192 Å². The molecule has 0 aliphatic carbocycles. The molecule has 0 saturated heterocycles. The van der Waals surface area contributed by atoms with E-state index in [9.17, 15) is 0 Å². The summed E-state index contributed by atoms with van der Waals surface area (Å²) >= 11 is 0. The third kappa shape index (κ3) is 27.2. The third-order valence-electron chi connectivity index (χ3n) is 23.2. The Morgan fingerprint density at radius 2 is 0.577 bits per heavy atom. The topological polar surface area (TPSA) is 265 Å². The molecule has 4 aromatic heterocycles. The van der Waals surface area contributed by atoms with E-state index in [-0.39, 0.29) is 129 Å². The van der Waals surface area contributed by atoms with Crippen LogP contribution >= 0.6 is 0 Å². The average Bonchev–Trinajstić information content (AvgIpc) is 0.745. The molecule has 0 saturated carbocycles. The normalized spacial score (nSPS) is 12.6. The van der Waals surface area contributed by atoms with Gasteiger partial charge in [0.05, 0.1) is 93.7 Å². The molecule has 4 radical (unpaired) electrons. The maximum atomic E-state index is 8.56. The zero-order valence-corrected chi connectivity index (χ0v) is 89.6. The fraction of sp³-hybridized carbons (Fsp3) is 0.248. The SMILES string of the molecule is CC(O)CC(C)O.CC(O)CC(C)O.CC(O)CC(C)O.CC(O)CC(C)O.CCc1ccc2c3ccc[c-]c3c3ncc(-c4ccccc4)nc3c2c1C.Cc1c[c-]c2c(c1)c1ccc(C)c(C)c1c1nc(-c3ccccc3)cnc21.Cc1cc(C)c2c3ccc[c-]c3c3ncc(-c4ccccc4)nc3c2c1.Cc1ccc2c3ccc[c-]c3c3ncc(-c4ccccc4)nc3c2c1.[Ir].[Ir].[Ir].[Ir]. The number of nitrogens with zero attached hydrogens (tertiary/aromatic N) is 8. The van der Waals surface area contributed by atoms with Crippen LogP contribution in [0.3, 0.4) is 0 Å². The van der Waals surface area contributed by atoms with Crippen molar-refractivity contribution in [2.75, 3.05) is 0 Å². The summed E-state index contributed by atoms with van der Waals surface area (Å²) in [4.78, 5) is 39.4. The molecular weight excluding hydrogens is 2410 g/mol. The van der Waals surface area contributed by atoms with Crippen LogP contribution in [0.25, 0.3) is 175 Å². The Balaban J connectivity index is 0.000000185. The molecule has 0 aliphatic rings. The van der Waals surface area contributed by atoms with Crippen LogP contribution in [0.4, 0.5) is 0 Å². The van der Waals surface area contributed by atoms with E-state index in [0.717, 1.165) is 128 Å². The first kappa shape index (κ1) is 110. The van der Waals surface area contributed by atoms with Gasteiger partial charge < -0.3 is 60.8 Å². The molecule has 0 amide bonds. The van der Waals surface area contributed by atoms with Gasteiger partial charge in [-0.15, -0.1) is 118 Å². The van der Waals surface area contributed by atoms with Crippen LogP contribution in [0.15, 0.2) is 267 Å². The first-order valence-corrected chi connectivity index (χ1v) is 45.6. The molecule has 20 heteroatoms. The van der Waals surface area contributed by atoms with E-state index in [4.69, 9.17) is 80.7 Å². The van der Waals surface area contributed by atoms with Crippen LogP contribution in [0.2, 0.25) is 0 Å². The van der Waals surface area contributed by atoms with Crippen molar-refractivity contribution in [3.63, 3.8) is 0 Å². The first-order valence-electron chi connectivity index (χ1n) is 45.6. The number of hydrogen-bond acceptors (Lipinski definition) is 16. The summed E-state index contributed by atoms with van der Waals surface area (Å²) in [7, 11) is 0. The Morgan fingerprint density at radius 1 is 0.255 bits per heavy atom. The predicted octanol–water partition coefficient (Wildman–Crippen LogP) is 24.9. The van der Waals surface area contributed by atoms with Gasteiger partial charge in [0, 0.05) is 150 Å². The van der Waals surface area contributed by atoms with Crippen LogP contribution < -0.4 is 0 Å². The van der Waals surface area contributed by atoms with E-state index < -0.39 is 0 Å². The van der Waals surface area contributed by atoms with Gasteiger partial charge >= 0.3 is 0 Å². The van der Waals surface area contributed by atoms with Crippen molar-refractivity contribution < 1.29 is 121 Å². The second-order valence-electron chi connectivity index (χ2n) is 35.0. The molecule has 0 bridgehead atoms. The molecule has 8 atom stereocenters. The van der Waals surface area contributed by atoms with Gasteiger partial charge in [0.15, 0.2) is 0 Å². The van der Waals surface area contributed by atoms with E-state index in [1.165, 1.54) is 98.4 Å². The molecule has 137 heavy (non-hydrogen) atoms. The van der Waals surface area contributed by atoms with Crippen molar-refractivity contribution in [1.29, 1.82) is 0 Å². The van der Waals surface area contributed by atoms with Crippen LogP contribution in [0, 0.1) is 72.7 Å². The van der Waals surface area contributed by atoms with Gasteiger partial charge in [-0.3, -0.25) is 19.9 Å². The molecule has 0 aliphatic heterocycles. The molecular formula is C117H118Ir4N8O8-4. The second-order valence-corrected chi connectivity index (χ2v) is 35.0. The van der Waals surface area contributed by atoms with Crippen LogP contribution in [-0.4, -0.2) is 130 Å².